The van der Waals surface area contributed by atoms with E-state index in [2.05, 4.69) is 9.97 Å². The summed E-state index contributed by atoms with van der Waals surface area (Å²) in [6, 6.07) is 26.0. The fraction of sp³-hybridized carbons (Fsp3) is 0.154. The number of rotatable bonds is 11. The fourth-order valence-electron chi connectivity index (χ4n) is 5.47. The molecule has 0 aliphatic carbocycles. The van der Waals surface area contributed by atoms with Gasteiger partial charge >= 0.3 is 17.1 Å². The number of methoxy groups -OCH3 is 2. The zero-order valence-corrected chi connectivity index (χ0v) is 34.9. The van der Waals surface area contributed by atoms with Crippen molar-refractivity contribution >= 4 is 0 Å². The first-order valence-electron chi connectivity index (χ1n) is 16.8. The number of hydrogen-bond donors (Lipinski definition) is 0. The van der Waals surface area contributed by atoms with Crippen molar-refractivity contribution in [3.05, 3.63) is 156 Å². The van der Waals surface area contributed by atoms with Crippen LogP contribution in [0.2, 0.25) is 0 Å². The van der Waals surface area contributed by atoms with Crippen LogP contribution in [0.15, 0.2) is 109 Å². The summed E-state index contributed by atoms with van der Waals surface area (Å²) in [6.45, 7) is 1.98. The molecule has 0 saturated heterocycles. The zero-order valence-electron chi connectivity index (χ0n) is 32.3. The molecule has 23 heteroatoms. The van der Waals surface area contributed by atoms with Crippen molar-refractivity contribution in [3.63, 3.8) is 0 Å². The normalized spacial score (nSPS) is 10.8. The first kappa shape index (κ1) is 52.7. The van der Waals surface area contributed by atoms with Crippen LogP contribution in [-0.4, -0.2) is 39.1 Å². The summed E-state index contributed by atoms with van der Waals surface area (Å²) in [6.07, 6.45) is 3.34. The predicted molar refractivity (Wildman–Crippen MR) is 183 cm³/mol. The summed E-state index contributed by atoms with van der Waals surface area (Å²) >= 11 is 0. The monoisotopic (exact) mass is 946 g/mol. The standard InChI is InChI=1S/C37H29F4N5O2.C2H3N.2ClHO4.Fe/c1-47-25-17-27(38)35(28(39)18-25)31-11-7-13-33(44-31)37(46(21-23-9-3-5-15-42-23)22-24-10-4-6-16-43-24)34-14-8-12-32(45-34)36-29(40)19-26(48-2)20-30(36)41;1-2-3;2*2-1(3,4)5;/h3-20,37H,21-22H2,1-2H3;1H3;2*(H,2,3,4,5);/q;;;;+3/p-2. The van der Waals surface area contributed by atoms with Gasteiger partial charge in [-0.3, -0.25) is 24.8 Å². The summed E-state index contributed by atoms with van der Waals surface area (Å²) in [5, 5.41) is 7.32. The maximum Gasteiger partial charge on any atom is 3.00 e. The molecule has 4 aromatic heterocycles. The van der Waals surface area contributed by atoms with Crippen LogP contribution in [-0.2, 0) is 30.2 Å². The number of ether oxygens (including phenoxy) is 2. The van der Waals surface area contributed by atoms with Crippen LogP contribution in [0.5, 0.6) is 11.5 Å². The molecule has 0 bridgehead atoms. The Hall–Kier alpha value is -5.41. The van der Waals surface area contributed by atoms with Crippen molar-refractivity contribution in [1.29, 1.82) is 5.26 Å². The van der Waals surface area contributed by atoms with E-state index in [1.54, 1.807) is 54.9 Å². The minimum atomic E-state index is -4.94. The topological polar surface area (TPSA) is 282 Å². The van der Waals surface area contributed by atoms with Crippen LogP contribution >= 0.6 is 0 Å². The van der Waals surface area contributed by atoms with E-state index in [1.165, 1.54) is 33.3 Å². The summed E-state index contributed by atoms with van der Waals surface area (Å²) in [5.41, 5.74) is 1.57. The average molecular weight is 947 g/mol. The largest absolute Gasteiger partial charge is 3.00 e. The van der Waals surface area contributed by atoms with Crippen LogP contribution in [0.25, 0.3) is 22.5 Å². The van der Waals surface area contributed by atoms with E-state index in [0.29, 0.717) is 22.8 Å². The first-order valence-corrected chi connectivity index (χ1v) is 19.3. The SMILES string of the molecule is CC#N.COc1cc(F)c(-c2cccc(C(c3cccc(-c4c(F)cc(OC)cc4F)n3)N(Cc3ccccn3)Cc3ccccn3)n2)c(F)c1.[Fe+3].[O-][Cl+3]([O-])([O-])[O-].[O-][Cl+3]([O-])([O-])[O-]. The molecule has 6 rings (SSSR count). The molecule has 0 spiro atoms. The van der Waals surface area contributed by atoms with Crippen LogP contribution in [0, 0.1) is 55.1 Å². The molecule has 0 atom stereocenters. The molecule has 0 aliphatic heterocycles. The molecule has 0 aliphatic rings. The quantitative estimate of drug-likeness (QED) is 0.111. The summed E-state index contributed by atoms with van der Waals surface area (Å²) < 4.78 is 139. The van der Waals surface area contributed by atoms with E-state index in [0.717, 1.165) is 24.3 Å². The van der Waals surface area contributed by atoms with Crippen LogP contribution < -0.4 is 46.7 Å². The molecule has 2 aromatic carbocycles. The van der Waals surface area contributed by atoms with Crippen molar-refractivity contribution in [2.75, 3.05) is 14.2 Å². The van der Waals surface area contributed by atoms with Gasteiger partial charge in [0.2, 0.25) is 0 Å². The Morgan fingerprint density at radius 2 is 0.919 bits per heavy atom. The third-order valence-electron chi connectivity index (χ3n) is 7.66. The summed E-state index contributed by atoms with van der Waals surface area (Å²) in [7, 11) is -7.25. The molecular formula is C39H32Cl2F4FeN6O10+. The molecule has 6 aromatic rings. The number of halogens is 6. The van der Waals surface area contributed by atoms with Gasteiger partial charge in [0, 0.05) is 56.7 Å². The number of pyridine rings is 4. The fourth-order valence-corrected chi connectivity index (χ4v) is 5.47. The van der Waals surface area contributed by atoms with Gasteiger partial charge in [0.05, 0.1) is 71.6 Å². The first-order chi connectivity index (χ1) is 28.8. The number of nitrogens with zero attached hydrogens (tertiary/aromatic N) is 6. The van der Waals surface area contributed by atoms with Gasteiger partial charge < -0.3 is 9.47 Å². The van der Waals surface area contributed by atoms with E-state index in [9.17, 15) is 0 Å². The maximum atomic E-state index is 15.3. The molecule has 327 valence electrons. The van der Waals surface area contributed by atoms with Crippen molar-refractivity contribution < 1.29 is 102 Å². The maximum absolute atomic E-state index is 15.3. The molecule has 1 radical (unpaired) electrons. The molecule has 0 amide bonds. The zero-order chi connectivity index (χ0) is 45.3. The van der Waals surface area contributed by atoms with Gasteiger partial charge in [-0.1, -0.05) is 24.3 Å². The minimum absolute atomic E-state index is 0. The van der Waals surface area contributed by atoms with Gasteiger partial charge in [-0.25, -0.2) is 54.8 Å². The predicted octanol–water partition coefficient (Wildman–Crippen LogP) is -1.02. The minimum Gasteiger partial charge on any atom is -0.497 e. The van der Waals surface area contributed by atoms with Crippen molar-refractivity contribution in [2.45, 2.75) is 26.1 Å². The third kappa shape index (κ3) is 17.5. The van der Waals surface area contributed by atoms with E-state index in [1.807, 2.05) is 29.2 Å². The van der Waals surface area contributed by atoms with Gasteiger partial charge in [0.1, 0.15) is 34.8 Å². The molecule has 62 heavy (non-hydrogen) atoms. The van der Waals surface area contributed by atoms with E-state index in [4.69, 9.17) is 62.0 Å². The second-order valence-electron chi connectivity index (χ2n) is 11.8. The molecule has 16 nitrogen and oxygen atoms in total. The summed E-state index contributed by atoms with van der Waals surface area (Å²) in [4.78, 5) is 20.5. The summed E-state index contributed by atoms with van der Waals surface area (Å²) in [5.74, 6) is -3.35. The Kier molecular flexibility index (Phi) is 21.2. The van der Waals surface area contributed by atoms with E-state index in [-0.39, 0.29) is 64.2 Å². The van der Waals surface area contributed by atoms with Crippen LogP contribution in [0.4, 0.5) is 17.6 Å². The van der Waals surface area contributed by atoms with Crippen molar-refractivity contribution in [2.24, 2.45) is 0 Å². The van der Waals surface area contributed by atoms with Gasteiger partial charge in [-0.2, -0.15) is 5.26 Å². The Labute approximate surface area is 366 Å². The number of aromatic nitrogens is 4. The molecule has 0 fully saturated rings. The third-order valence-corrected chi connectivity index (χ3v) is 7.66. The Morgan fingerprint density at radius 1 is 0.597 bits per heavy atom. The number of hydrogen-bond acceptors (Lipinski definition) is 16. The van der Waals surface area contributed by atoms with Crippen molar-refractivity contribution in [3.8, 4) is 40.1 Å². The molecule has 4 heterocycles. The second kappa shape index (κ2) is 24.9. The average Bonchev–Trinajstić information content (AvgIpc) is 3.17. The van der Waals surface area contributed by atoms with E-state index < -0.39 is 49.8 Å². The smallest absolute Gasteiger partial charge is 0.497 e. The van der Waals surface area contributed by atoms with Gasteiger partial charge in [0.15, 0.2) is 0 Å². The van der Waals surface area contributed by atoms with Gasteiger partial charge in [0.25, 0.3) is 0 Å². The molecule has 0 saturated carbocycles. The van der Waals surface area contributed by atoms with Crippen molar-refractivity contribution in [1.82, 2.24) is 24.8 Å². The number of benzene rings is 2. The second-order valence-corrected chi connectivity index (χ2v) is 13.3. The van der Waals surface area contributed by atoms with Crippen LogP contribution in [0.3, 0.4) is 0 Å². The molecular weight excluding hydrogens is 915 g/mol. The van der Waals surface area contributed by atoms with E-state index >= 15 is 17.6 Å². The Bertz CT molecular complexity index is 2150. The molecule has 0 N–H and O–H groups in total. The van der Waals surface area contributed by atoms with Gasteiger partial charge in [-0.05, 0) is 48.5 Å². The van der Waals surface area contributed by atoms with Gasteiger partial charge in [-0.15, -0.1) is 20.5 Å². The van der Waals surface area contributed by atoms with Crippen LogP contribution in [0.1, 0.15) is 35.7 Å². The Morgan fingerprint density at radius 3 is 1.19 bits per heavy atom. The molecule has 0 unspecified atom stereocenters. The Balaban J connectivity index is 0.000000832. The number of nitriles is 1.